The number of aliphatic hydroxyl groups is 5. The van der Waals surface area contributed by atoms with Crippen molar-refractivity contribution < 1.29 is 71.6 Å². The topological polar surface area (TPSA) is 259 Å². The lowest BCUT2D eigenvalue weighted by atomic mass is 9.95. The van der Waals surface area contributed by atoms with Crippen LogP contribution in [0, 0.1) is 0 Å². The molecule has 2 heterocycles. The number of rotatable bonds is 7. The van der Waals surface area contributed by atoms with Crippen LogP contribution in [0.1, 0.15) is 6.92 Å². The van der Waals surface area contributed by atoms with Crippen molar-refractivity contribution in [3.63, 3.8) is 0 Å². The molecule has 0 bridgehead atoms. The molecule has 0 aromatic rings. The van der Waals surface area contributed by atoms with Crippen molar-refractivity contribution in [3.05, 3.63) is 0 Å². The van der Waals surface area contributed by atoms with E-state index < -0.39 is 90.2 Å². The van der Waals surface area contributed by atoms with Crippen LogP contribution in [0.25, 0.3) is 0 Å². The lowest BCUT2D eigenvalue weighted by molar-refractivity contribution is -0.336. The first kappa shape index (κ1) is 25.7. The van der Waals surface area contributed by atoms with Crippen LogP contribution >= 0.6 is 0 Å². The summed E-state index contributed by atoms with van der Waals surface area (Å²) in [5, 5.41) is 61.6. The maximum atomic E-state index is 11.5. The van der Waals surface area contributed by atoms with Gasteiger partial charge in [-0.25, -0.2) is 8.98 Å². The summed E-state index contributed by atoms with van der Waals surface area (Å²) in [5.41, 5.74) is 0. The monoisotopic (exact) mass is 477 g/mol. The minimum absolute atomic E-state index is 0.731. The van der Waals surface area contributed by atoms with E-state index in [-0.39, 0.29) is 0 Å². The molecular weight excluding hydrogens is 454 g/mol. The quantitative estimate of drug-likeness (QED) is 0.159. The van der Waals surface area contributed by atoms with E-state index in [0.717, 1.165) is 6.92 Å². The minimum Gasteiger partial charge on any atom is -0.479 e. The van der Waals surface area contributed by atoms with Crippen LogP contribution in [0.4, 0.5) is 0 Å². The molecule has 2 fully saturated rings. The van der Waals surface area contributed by atoms with Gasteiger partial charge in [0.1, 0.15) is 42.7 Å². The van der Waals surface area contributed by atoms with Crippen molar-refractivity contribution >= 4 is 22.3 Å². The van der Waals surface area contributed by atoms with Gasteiger partial charge in [-0.15, -0.1) is 0 Å². The van der Waals surface area contributed by atoms with Gasteiger partial charge in [-0.05, 0) is 0 Å². The van der Waals surface area contributed by atoms with Gasteiger partial charge in [0.2, 0.25) is 5.91 Å². The summed E-state index contributed by atoms with van der Waals surface area (Å²) in [6, 6.07) is -1.54. The second-order valence-electron chi connectivity index (χ2n) is 6.83. The van der Waals surface area contributed by atoms with Crippen molar-refractivity contribution in [2.24, 2.45) is 0 Å². The Kier molecular flexibility index (Phi) is 8.27. The van der Waals surface area contributed by atoms with Crippen molar-refractivity contribution in [2.75, 3.05) is 6.61 Å². The molecule has 0 radical (unpaired) electrons. The van der Waals surface area contributed by atoms with Crippen LogP contribution in [-0.2, 0) is 38.4 Å². The molecular formula is C14H23NO15S. The second kappa shape index (κ2) is 9.96. The molecule has 2 saturated heterocycles. The summed E-state index contributed by atoms with van der Waals surface area (Å²) in [5.74, 6) is -2.44. The first-order valence-electron chi connectivity index (χ1n) is 8.71. The molecule has 0 saturated carbocycles. The van der Waals surface area contributed by atoms with Crippen LogP contribution in [0.5, 0.6) is 0 Å². The smallest absolute Gasteiger partial charge is 0.397 e. The fourth-order valence-corrected chi connectivity index (χ4v) is 3.40. The normalized spacial score (nSPS) is 41.5. The molecule has 180 valence electrons. The van der Waals surface area contributed by atoms with Crippen molar-refractivity contribution in [2.45, 2.75) is 68.3 Å². The molecule has 17 heteroatoms. The number of carboxylic acid groups (broad SMARTS) is 1. The van der Waals surface area contributed by atoms with Gasteiger partial charge in [0.15, 0.2) is 18.7 Å². The number of aliphatic carboxylic acids is 1. The summed E-state index contributed by atoms with van der Waals surface area (Å²) in [6.07, 6.45) is -17.3. The molecule has 2 rings (SSSR count). The first-order chi connectivity index (χ1) is 14.2. The summed E-state index contributed by atoms with van der Waals surface area (Å²) in [4.78, 5) is 22.7. The van der Waals surface area contributed by atoms with Gasteiger partial charge in [-0.1, -0.05) is 0 Å². The number of carboxylic acids is 1. The lowest BCUT2D eigenvalue weighted by Crippen LogP contribution is -2.68. The Labute approximate surface area is 174 Å². The van der Waals surface area contributed by atoms with Gasteiger partial charge in [0.05, 0.1) is 6.61 Å². The van der Waals surface area contributed by atoms with Gasteiger partial charge >= 0.3 is 16.4 Å². The van der Waals surface area contributed by atoms with E-state index in [9.17, 15) is 43.5 Å². The highest BCUT2D eigenvalue weighted by Crippen LogP contribution is 2.29. The number of hydrogen-bond donors (Lipinski definition) is 8. The predicted molar refractivity (Wildman–Crippen MR) is 91.2 cm³/mol. The largest absolute Gasteiger partial charge is 0.479 e. The average molecular weight is 477 g/mol. The minimum atomic E-state index is -4.95. The Morgan fingerprint density at radius 1 is 1.00 bits per heavy atom. The van der Waals surface area contributed by atoms with Gasteiger partial charge in [-0.2, -0.15) is 8.42 Å². The Morgan fingerprint density at radius 3 is 2.13 bits per heavy atom. The maximum Gasteiger partial charge on any atom is 0.397 e. The molecule has 31 heavy (non-hydrogen) atoms. The molecule has 8 N–H and O–H groups in total. The number of ether oxygens (including phenoxy) is 3. The fraction of sp³-hybridized carbons (Fsp3) is 0.857. The van der Waals surface area contributed by atoms with Gasteiger partial charge < -0.3 is 50.2 Å². The van der Waals surface area contributed by atoms with E-state index in [1.54, 1.807) is 0 Å². The number of nitrogens with one attached hydrogen (secondary N) is 1. The average Bonchev–Trinajstić information content (AvgIpc) is 2.64. The Balaban J connectivity index is 2.27. The zero-order valence-electron chi connectivity index (χ0n) is 15.8. The van der Waals surface area contributed by atoms with Crippen LogP contribution in [0.3, 0.4) is 0 Å². The summed E-state index contributed by atoms with van der Waals surface area (Å²) >= 11 is 0. The molecule has 0 aromatic heterocycles. The number of carbonyl (C=O) groups is 2. The molecule has 0 unspecified atom stereocenters. The van der Waals surface area contributed by atoms with E-state index in [1.807, 2.05) is 0 Å². The lowest BCUT2D eigenvalue weighted by Gasteiger charge is -2.46. The summed E-state index contributed by atoms with van der Waals surface area (Å²) in [7, 11) is -4.95. The zero-order chi connectivity index (χ0) is 23.7. The Morgan fingerprint density at radius 2 is 1.61 bits per heavy atom. The molecule has 10 atom stereocenters. The number of aliphatic hydroxyl groups excluding tert-OH is 5. The van der Waals surface area contributed by atoms with Crippen LogP contribution in [-0.4, -0.2) is 123 Å². The highest BCUT2D eigenvalue weighted by molar-refractivity contribution is 7.80. The molecule has 0 aliphatic carbocycles. The SMILES string of the molecule is CC(=O)N[C@@H]1[C@@H](O[C@@H]2O[C@H](C(=O)O)[C@@H](O)[C@H](O)[C@H]2O)[C@@H](O)[C@@H](COS(=O)(=O)O)O[C@H]1O. The molecule has 0 aromatic carbocycles. The number of hydrogen-bond acceptors (Lipinski definition) is 13. The molecule has 1 amide bonds. The van der Waals surface area contributed by atoms with Crippen molar-refractivity contribution in [1.82, 2.24) is 5.32 Å². The first-order valence-corrected chi connectivity index (χ1v) is 10.1. The van der Waals surface area contributed by atoms with Gasteiger partial charge in [0, 0.05) is 6.92 Å². The Bertz CT molecular complexity index is 761. The van der Waals surface area contributed by atoms with Crippen LogP contribution < -0.4 is 5.32 Å². The highest BCUT2D eigenvalue weighted by Gasteiger charge is 2.52. The van der Waals surface area contributed by atoms with Crippen LogP contribution in [0.2, 0.25) is 0 Å². The van der Waals surface area contributed by atoms with E-state index in [0.29, 0.717) is 0 Å². The number of amides is 1. The zero-order valence-corrected chi connectivity index (χ0v) is 16.6. The second-order valence-corrected chi connectivity index (χ2v) is 7.92. The third kappa shape index (κ3) is 6.26. The van der Waals surface area contributed by atoms with Gasteiger partial charge in [-0.3, -0.25) is 9.35 Å². The Hall–Kier alpha value is -1.51. The van der Waals surface area contributed by atoms with E-state index in [2.05, 4.69) is 9.50 Å². The highest BCUT2D eigenvalue weighted by atomic mass is 32.3. The predicted octanol–water partition coefficient (Wildman–Crippen LogP) is -5.33. The van der Waals surface area contributed by atoms with E-state index in [1.165, 1.54) is 0 Å². The van der Waals surface area contributed by atoms with Gasteiger partial charge in [0.25, 0.3) is 0 Å². The van der Waals surface area contributed by atoms with E-state index in [4.69, 9.17) is 23.9 Å². The third-order valence-electron chi connectivity index (χ3n) is 4.55. The third-order valence-corrected chi connectivity index (χ3v) is 4.98. The molecule has 2 aliphatic rings. The van der Waals surface area contributed by atoms with Crippen LogP contribution in [0.15, 0.2) is 0 Å². The standard InChI is InChI=1S/C14H23NO15S/c1-3(16)15-5-10(6(17)4(28-13(5)23)2-27-31(24,25)26)29-14-9(20)7(18)8(19)11(30-14)12(21)22/h4-11,13-14,17-20,23H,2H2,1H3,(H,15,16)(H,21,22)(H,24,25,26)/t4-,5-,6+,7+,8+,9-,10-,11+,13-,14-/m1/s1. The summed E-state index contributed by atoms with van der Waals surface area (Å²) in [6.45, 7) is 0.0348. The molecule has 16 nitrogen and oxygen atoms in total. The summed E-state index contributed by atoms with van der Waals surface area (Å²) < 4.78 is 49.5. The molecule has 2 aliphatic heterocycles. The van der Waals surface area contributed by atoms with Crippen molar-refractivity contribution in [3.8, 4) is 0 Å². The maximum absolute atomic E-state index is 11.5. The fourth-order valence-electron chi connectivity index (χ4n) is 3.09. The van der Waals surface area contributed by atoms with Crippen molar-refractivity contribution in [1.29, 1.82) is 0 Å². The molecule has 0 spiro atoms. The van der Waals surface area contributed by atoms with E-state index >= 15 is 0 Å². The number of carbonyl (C=O) groups excluding carboxylic acids is 1.